The van der Waals surface area contributed by atoms with Gasteiger partial charge >= 0.3 is 24.1 Å². The molecule has 4 aliphatic rings. The number of rotatable bonds is 14. The van der Waals surface area contributed by atoms with Crippen LogP contribution in [0.25, 0.3) is 0 Å². The molecule has 2 fully saturated rings. The third-order valence-corrected chi connectivity index (χ3v) is 14.8. The molecule has 0 saturated carbocycles. The SMILES string of the molecule is COc1cc2cc(c1Cl)N(C)C(=O)C[C@H](OC(=O)[C@H](C)N(C)C(=O)CCSC(=O)NC(CN(C)C(=O)OC1C=CCOCOC1)C(=O)On1c(O)ccc1O)[C@]1(C)O[C@H]1[C@H](C)[C@@H]1C[C@@](O)(NC(=O)O1)[C@H](OC)C=CC=C(C)C2. The molecular weight excluding hydrogens is 1070 g/mol. The van der Waals surface area contributed by atoms with Crippen molar-refractivity contribution in [3.8, 4) is 17.5 Å². The number of methoxy groups -OCH3 is 2. The van der Waals surface area contributed by atoms with E-state index in [0.29, 0.717) is 34.4 Å². The molecule has 25 nitrogen and oxygen atoms in total. The Labute approximate surface area is 459 Å². The van der Waals surface area contributed by atoms with Gasteiger partial charge in [-0.05, 0) is 51.0 Å². The number of carbonyl (C=O) groups is 7. The van der Waals surface area contributed by atoms with Crippen LogP contribution in [0.3, 0.4) is 0 Å². The van der Waals surface area contributed by atoms with E-state index in [4.69, 9.17) is 54.3 Å². The Morgan fingerprint density at radius 3 is 2.46 bits per heavy atom. The van der Waals surface area contributed by atoms with E-state index in [0.717, 1.165) is 33.1 Å². The van der Waals surface area contributed by atoms with Gasteiger partial charge in [0.05, 0.1) is 45.1 Å². The summed E-state index contributed by atoms with van der Waals surface area (Å²) in [6.45, 7) is 6.31. The summed E-state index contributed by atoms with van der Waals surface area (Å²) in [6.07, 6.45) is 1.11. The normalized spacial score (nSPS) is 26.2. The lowest BCUT2D eigenvalue weighted by atomic mass is 9.83. The number of anilines is 1. The molecule has 4 bridgehead atoms. The molecule has 4 aliphatic heterocycles. The van der Waals surface area contributed by atoms with Crippen molar-refractivity contribution < 1.29 is 91.6 Å². The van der Waals surface area contributed by atoms with E-state index in [1.165, 1.54) is 47.2 Å². The molecule has 2 saturated heterocycles. The Balaban J connectivity index is 1.15. The van der Waals surface area contributed by atoms with Crippen molar-refractivity contribution in [2.45, 2.75) is 107 Å². The number of likely N-dealkylation sites (N-methyl/N-ethyl adjacent to an activating group) is 2. The third-order valence-electron chi connectivity index (χ3n) is 13.7. The number of aromatic hydroxyl groups is 2. The summed E-state index contributed by atoms with van der Waals surface area (Å²) in [5, 5.41) is 36.2. The molecule has 1 aromatic heterocycles. The molecule has 428 valence electrons. The average Bonchev–Trinajstić information content (AvgIpc) is 4.14. The molecule has 6 rings (SSSR count). The number of fused-ring (bicyclic) bond motifs is 5. The number of nitrogens with zero attached hydrogens (tertiary/aromatic N) is 4. The first-order valence-corrected chi connectivity index (χ1v) is 26.1. The van der Waals surface area contributed by atoms with Crippen molar-refractivity contribution in [2.24, 2.45) is 5.92 Å². The third kappa shape index (κ3) is 15.0. The van der Waals surface area contributed by atoms with E-state index in [9.17, 15) is 48.9 Å². The second-order valence-corrected chi connectivity index (χ2v) is 20.8. The molecule has 10 atom stereocenters. The highest BCUT2D eigenvalue weighted by Gasteiger charge is 2.64. The summed E-state index contributed by atoms with van der Waals surface area (Å²) in [7, 11) is 6.98. The minimum atomic E-state index is -1.92. The maximum atomic E-state index is 14.4. The first-order valence-electron chi connectivity index (χ1n) is 24.7. The Kier molecular flexibility index (Phi) is 20.5. The first-order chi connectivity index (χ1) is 36.9. The van der Waals surface area contributed by atoms with Crippen molar-refractivity contribution in [3.63, 3.8) is 0 Å². The first kappa shape index (κ1) is 60.7. The molecule has 2 unspecified atom stereocenters. The number of benzene rings is 1. The molecule has 0 radical (unpaired) electrons. The Bertz CT molecular complexity index is 2630. The van der Waals surface area contributed by atoms with Crippen LogP contribution in [0.15, 0.2) is 60.2 Å². The second-order valence-electron chi connectivity index (χ2n) is 19.3. The van der Waals surface area contributed by atoms with Crippen LogP contribution in [-0.2, 0) is 58.8 Å². The second kappa shape index (κ2) is 26.4. The van der Waals surface area contributed by atoms with Gasteiger partial charge in [-0.15, -0.1) is 4.73 Å². The summed E-state index contributed by atoms with van der Waals surface area (Å²) in [6, 6.07) is 2.69. The van der Waals surface area contributed by atoms with Crippen molar-refractivity contribution >= 4 is 70.2 Å². The predicted molar refractivity (Wildman–Crippen MR) is 279 cm³/mol. The number of carbonyl (C=O) groups excluding carboxylic acids is 7. The number of esters is 1. The lowest BCUT2D eigenvalue weighted by Crippen LogP contribution is -2.63. The molecule has 2 aromatic rings. The van der Waals surface area contributed by atoms with E-state index in [1.807, 2.05) is 13.0 Å². The van der Waals surface area contributed by atoms with Crippen LogP contribution in [0.4, 0.5) is 20.1 Å². The van der Waals surface area contributed by atoms with Crippen LogP contribution in [-0.4, -0.2) is 193 Å². The van der Waals surface area contributed by atoms with Crippen molar-refractivity contribution in [3.05, 3.63) is 70.8 Å². The summed E-state index contributed by atoms with van der Waals surface area (Å²) < 4.78 is 45.7. The van der Waals surface area contributed by atoms with E-state index in [-0.39, 0.29) is 43.6 Å². The Hall–Kier alpha value is -6.55. The van der Waals surface area contributed by atoms with Crippen LogP contribution in [0.5, 0.6) is 17.5 Å². The molecule has 1 aromatic carbocycles. The van der Waals surface area contributed by atoms with Crippen LogP contribution in [0.1, 0.15) is 52.5 Å². The number of allylic oxidation sites excluding steroid dienone is 3. The molecular formula is C51H67ClN6O19S. The van der Waals surface area contributed by atoms with Gasteiger partial charge in [0.1, 0.15) is 59.7 Å². The van der Waals surface area contributed by atoms with Crippen molar-refractivity contribution in [1.29, 1.82) is 0 Å². The lowest BCUT2D eigenvalue weighted by molar-refractivity contribution is -0.162. The number of amides is 5. The topological polar surface area (TPSA) is 305 Å². The highest BCUT2D eigenvalue weighted by molar-refractivity contribution is 8.13. The van der Waals surface area contributed by atoms with Gasteiger partial charge in [0.15, 0.2) is 5.72 Å². The van der Waals surface area contributed by atoms with Gasteiger partial charge in [-0.1, -0.05) is 60.2 Å². The van der Waals surface area contributed by atoms with Crippen LogP contribution < -0.4 is 25.1 Å². The van der Waals surface area contributed by atoms with E-state index < -0.39 is 126 Å². The summed E-state index contributed by atoms with van der Waals surface area (Å²) >= 11 is 7.40. The fourth-order valence-corrected chi connectivity index (χ4v) is 9.88. The molecule has 27 heteroatoms. The maximum Gasteiger partial charge on any atom is 0.410 e. The average molecular weight is 1140 g/mol. The van der Waals surface area contributed by atoms with E-state index >= 15 is 0 Å². The van der Waals surface area contributed by atoms with Gasteiger partial charge in [0, 0.05) is 64.9 Å². The van der Waals surface area contributed by atoms with Gasteiger partial charge in [-0.2, -0.15) is 0 Å². The maximum absolute atomic E-state index is 14.4. The number of hydrogen-bond acceptors (Lipinski definition) is 20. The van der Waals surface area contributed by atoms with Crippen molar-refractivity contribution in [2.75, 3.05) is 72.6 Å². The number of thioether (sulfide) groups is 1. The number of halogens is 1. The number of alkyl carbamates (subject to hydrolysis) is 1. The number of epoxide rings is 1. The number of nitrogens with one attached hydrogen (secondary N) is 2. The number of aliphatic hydroxyl groups is 1. The highest BCUT2D eigenvalue weighted by Crippen LogP contribution is 2.49. The fraction of sp³-hybridized carbons (Fsp3) is 0.549. The monoisotopic (exact) mass is 1130 g/mol. The minimum absolute atomic E-state index is 0.0224. The number of aromatic nitrogens is 1. The summed E-state index contributed by atoms with van der Waals surface area (Å²) in [5.74, 6) is -5.09. The van der Waals surface area contributed by atoms with E-state index in [2.05, 4.69) is 10.6 Å². The van der Waals surface area contributed by atoms with Crippen LogP contribution in [0.2, 0.25) is 5.02 Å². The molecule has 0 spiro atoms. The van der Waals surface area contributed by atoms with Gasteiger partial charge in [0.2, 0.25) is 23.6 Å². The fourth-order valence-electron chi connectivity index (χ4n) is 8.88. The number of ether oxygens (including phenoxy) is 8. The Morgan fingerprint density at radius 2 is 1.77 bits per heavy atom. The van der Waals surface area contributed by atoms with Gasteiger partial charge < -0.3 is 78.1 Å². The van der Waals surface area contributed by atoms with Gasteiger partial charge in [-0.3, -0.25) is 19.7 Å². The lowest BCUT2D eigenvalue weighted by Gasteiger charge is -2.42. The van der Waals surface area contributed by atoms with Crippen LogP contribution >= 0.6 is 23.4 Å². The Morgan fingerprint density at radius 1 is 1.05 bits per heavy atom. The molecule has 78 heavy (non-hydrogen) atoms. The quantitative estimate of drug-likeness (QED) is 0.0781. The van der Waals surface area contributed by atoms with Crippen molar-refractivity contribution in [1.82, 2.24) is 25.2 Å². The molecule has 0 aliphatic carbocycles. The predicted octanol–water partition coefficient (Wildman–Crippen LogP) is 3.58. The minimum Gasteiger partial charge on any atom is -0.495 e. The molecule has 5 N–H and O–H groups in total. The zero-order valence-corrected chi connectivity index (χ0v) is 46.2. The van der Waals surface area contributed by atoms with Crippen LogP contribution in [0, 0.1) is 5.92 Å². The van der Waals surface area contributed by atoms with Gasteiger partial charge in [0.25, 0.3) is 5.24 Å². The smallest absolute Gasteiger partial charge is 0.410 e. The zero-order valence-electron chi connectivity index (χ0n) is 44.6. The molecule has 5 heterocycles. The van der Waals surface area contributed by atoms with E-state index in [1.54, 1.807) is 50.3 Å². The standard InChI is InChI=1S/C51H67ClN6O19S/c1-28-12-10-14-37(70-9)51(68)24-36(74-47(65)54-51)29(2)44-50(4,76-44)38(23-42(62)57(7)34-21-31(20-28)22-35(69-8)43(34)52)75-45(63)30(3)56(6)39(59)17-19-78-48(66)53-33(46(64)77-58-40(60)15-16-41(58)61)25-55(5)49(67)73-32-13-11-18-71-27-72-26-32/h10-16,21-22,29-30,32-33,36-38,44,60-61,68H,17-20,23-27H2,1-9H3,(H,53,66)(H,54,65)/t29-,30+,32?,33?,36+,37-,38+,44+,50+,51+/m1/s1. The summed E-state index contributed by atoms with van der Waals surface area (Å²) in [4.78, 5) is 104. The molecule has 5 amide bonds. The number of hydrogen-bond donors (Lipinski definition) is 5. The summed E-state index contributed by atoms with van der Waals surface area (Å²) in [5.41, 5.74) is -1.39. The highest BCUT2D eigenvalue weighted by atomic mass is 35.5. The van der Waals surface area contributed by atoms with Gasteiger partial charge in [-0.25, -0.2) is 19.2 Å². The zero-order chi connectivity index (χ0) is 57.2. The largest absolute Gasteiger partial charge is 0.495 e.